The first kappa shape index (κ1) is 14.5. The third-order valence-electron chi connectivity index (χ3n) is 3.42. The van der Waals surface area contributed by atoms with Gasteiger partial charge in [0, 0.05) is 26.1 Å². The van der Waals surface area contributed by atoms with Crippen LogP contribution in [-0.4, -0.2) is 50.1 Å². The second kappa shape index (κ2) is 8.48. The van der Waals surface area contributed by atoms with Gasteiger partial charge in [0.2, 0.25) is 5.91 Å². The van der Waals surface area contributed by atoms with Gasteiger partial charge in [-0.3, -0.25) is 4.79 Å². The molecule has 0 aliphatic carbocycles. The van der Waals surface area contributed by atoms with E-state index in [1.807, 2.05) is 0 Å². The van der Waals surface area contributed by atoms with Crippen molar-refractivity contribution in [2.24, 2.45) is 0 Å². The zero-order chi connectivity index (χ0) is 12.5. The number of nitrogens with one attached hydrogen (secondary N) is 2. The standard InChI is InChI=1S/C13H27N3O/c1-3-9-16-10-4-5-12(7-11-16)15-8-6-13(17)14-2/h12,15H,3-11H2,1-2H3,(H,14,17). The molecule has 0 aromatic heterocycles. The fraction of sp³-hybridized carbons (Fsp3) is 0.923. The van der Waals surface area contributed by atoms with Crippen molar-refractivity contribution in [3.05, 3.63) is 0 Å². The molecule has 100 valence electrons. The van der Waals surface area contributed by atoms with E-state index in [4.69, 9.17) is 0 Å². The number of nitrogens with zero attached hydrogens (tertiary/aromatic N) is 1. The molecule has 0 aromatic carbocycles. The van der Waals surface area contributed by atoms with Gasteiger partial charge in [-0.1, -0.05) is 6.92 Å². The van der Waals surface area contributed by atoms with E-state index in [-0.39, 0.29) is 5.91 Å². The first-order valence-corrected chi connectivity index (χ1v) is 6.92. The van der Waals surface area contributed by atoms with Crippen molar-refractivity contribution >= 4 is 5.91 Å². The van der Waals surface area contributed by atoms with Gasteiger partial charge in [0.25, 0.3) is 0 Å². The summed E-state index contributed by atoms with van der Waals surface area (Å²) in [6.45, 7) is 6.71. The van der Waals surface area contributed by atoms with Crippen molar-refractivity contribution in [1.82, 2.24) is 15.5 Å². The largest absolute Gasteiger partial charge is 0.359 e. The van der Waals surface area contributed by atoms with Crippen molar-refractivity contribution < 1.29 is 4.79 Å². The molecule has 1 aliphatic heterocycles. The fourth-order valence-corrected chi connectivity index (χ4v) is 2.41. The Kier molecular flexibility index (Phi) is 7.21. The van der Waals surface area contributed by atoms with E-state index in [0.29, 0.717) is 12.5 Å². The van der Waals surface area contributed by atoms with Crippen LogP contribution in [0.25, 0.3) is 0 Å². The quantitative estimate of drug-likeness (QED) is 0.728. The SMILES string of the molecule is CCCN1CCCC(NCCC(=O)NC)CC1. The Morgan fingerprint density at radius 1 is 1.35 bits per heavy atom. The Balaban J connectivity index is 2.15. The second-order valence-corrected chi connectivity index (χ2v) is 4.85. The van der Waals surface area contributed by atoms with Crippen LogP contribution in [0.3, 0.4) is 0 Å². The smallest absolute Gasteiger partial charge is 0.221 e. The van der Waals surface area contributed by atoms with Crippen LogP contribution in [0, 0.1) is 0 Å². The average molecular weight is 241 g/mol. The summed E-state index contributed by atoms with van der Waals surface area (Å²) >= 11 is 0. The number of hydrogen-bond acceptors (Lipinski definition) is 3. The molecule has 4 heteroatoms. The Hall–Kier alpha value is -0.610. The molecule has 0 saturated carbocycles. The monoisotopic (exact) mass is 241 g/mol. The highest BCUT2D eigenvalue weighted by molar-refractivity contribution is 5.75. The molecule has 0 bridgehead atoms. The second-order valence-electron chi connectivity index (χ2n) is 4.85. The molecule has 1 fully saturated rings. The predicted molar refractivity (Wildman–Crippen MR) is 71.1 cm³/mol. The maximum absolute atomic E-state index is 11.1. The van der Waals surface area contributed by atoms with Gasteiger partial charge in [-0.05, 0) is 45.3 Å². The lowest BCUT2D eigenvalue weighted by atomic mass is 10.1. The lowest BCUT2D eigenvalue weighted by Gasteiger charge is -2.19. The summed E-state index contributed by atoms with van der Waals surface area (Å²) in [6.07, 6.45) is 5.57. The number of likely N-dealkylation sites (tertiary alicyclic amines) is 1. The van der Waals surface area contributed by atoms with E-state index in [9.17, 15) is 4.79 Å². The highest BCUT2D eigenvalue weighted by Gasteiger charge is 2.15. The summed E-state index contributed by atoms with van der Waals surface area (Å²) in [4.78, 5) is 13.7. The normalized spacial score (nSPS) is 22.1. The van der Waals surface area contributed by atoms with Crippen molar-refractivity contribution in [3.63, 3.8) is 0 Å². The Bertz CT molecular complexity index is 221. The average Bonchev–Trinajstić information content (AvgIpc) is 2.55. The van der Waals surface area contributed by atoms with E-state index >= 15 is 0 Å². The van der Waals surface area contributed by atoms with E-state index < -0.39 is 0 Å². The van der Waals surface area contributed by atoms with Gasteiger partial charge in [-0.25, -0.2) is 0 Å². The minimum Gasteiger partial charge on any atom is -0.359 e. The Labute approximate surface area is 105 Å². The first-order chi connectivity index (χ1) is 8.26. The maximum Gasteiger partial charge on any atom is 0.221 e. The van der Waals surface area contributed by atoms with Crippen LogP contribution < -0.4 is 10.6 Å². The first-order valence-electron chi connectivity index (χ1n) is 6.92. The van der Waals surface area contributed by atoms with Gasteiger partial charge >= 0.3 is 0 Å². The molecule has 1 heterocycles. The zero-order valence-electron chi connectivity index (χ0n) is 11.3. The molecule has 0 radical (unpaired) electrons. The number of rotatable bonds is 6. The van der Waals surface area contributed by atoms with Gasteiger partial charge in [0.1, 0.15) is 0 Å². The Morgan fingerprint density at radius 2 is 2.18 bits per heavy atom. The molecule has 2 N–H and O–H groups in total. The molecule has 4 nitrogen and oxygen atoms in total. The molecule has 1 atom stereocenters. The van der Waals surface area contributed by atoms with Gasteiger partial charge in [-0.15, -0.1) is 0 Å². The predicted octanol–water partition coefficient (Wildman–Crippen LogP) is 0.977. The summed E-state index contributed by atoms with van der Waals surface area (Å²) in [7, 11) is 1.69. The summed E-state index contributed by atoms with van der Waals surface area (Å²) in [5, 5.41) is 6.15. The van der Waals surface area contributed by atoms with Crippen molar-refractivity contribution in [1.29, 1.82) is 0 Å². The minimum atomic E-state index is 0.124. The summed E-state index contributed by atoms with van der Waals surface area (Å²) in [6, 6.07) is 0.599. The molecule has 1 amide bonds. The molecule has 17 heavy (non-hydrogen) atoms. The molecule has 1 aliphatic rings. The van der Waals surface area contributed by atoms with Crippen molar-refractivity contribution in [2.45, 2.75) is 45.1 Å². The molecule has 0 spiro atoms. The highest BCUT2D eigenvalue weighted by atomic mass is 16.1. The summed E-state index contributed by atoms with van der Waals surface area (Å²) < 4.78 is 0. The van der Waals surface area contributed by atoms with E-state index in [1.165, 1.54) is 45.3 Å². The molecule has 1 saturated heterocycles. The van der Waals surface area contributed by atoms with E-state index in [2.05, 4.69) is 22.5 Å². The van der Waals surface area contributed by atoms with Gasteiger partial charge in [0.15, 0.2) is 0 Å². The number of hydrogen-bond donors (Lipinski definition) is 2. The summed E-state index contributed by atoms with van der Waals surface area (Å²) in [5.74, 6) is 0.124. The lowest BCUT2D eigenvalue weighted by molar-refractivity contribution is -0.120. The van der Waals surface area contributed by atoms with Crippen LogP contribution in [0.1, 0.15) is 39.0 Å². The topological polar surface area (TPSA) is 44.4 Å². The molecular formula is C13H27N3O. The molecular weight excluding hydrogens is 214 g/mol. The van der Waals surface area contributed by atoms with Crippen LogP contribution in [0.15, 0.2) is 0 Å². The molecule has 1 rings (SSSR count). The van der Waals surface area contributed by atoms with Crippen LogP contribution in [-0.2, 0) is 4.79 Å². The number of carbonyl (C=O) groups is 1. The van der Waals surface area contributed by atoms with Crippen LogP contribution in [0.2, 0.25) is 0 Å². The van der Waals surface area contributed by atoms with Gasteiger partial charge in [-0.2, -0.15) is 0 Å². The summed E-state index contributed by atoms with van der Waals surface area (Å²) in [5.41, 5.74) is 0. The highest BCUT2D eigenvalue weighted by Crippen LogP contribution is 2.11. The lowest BCUT2D eigenvalue weighted by Crippen LogP contribution is -2.34. The van der Waals surface area contributed by atoms with E-state index in [1.54, 1.807) is 7.05 Å². The van der Waals surface area contributed by atoms with Gasteiger partial charge in [0.05, 0.1) is 0 Å². The van der Waals surface area contributed by atoms with Crippen LogP contribution >= 0.6 is 0 Å². The number of carbonyl (C=O) groups excluding carboxylic acids is 1. The third-order valence-corrected chi connectivity index (χ3v) is 3.42. The third kappa shape index (κ3) is 6.03. The molecule has 0 aromatic rings. The fourth-order valence-electron chi connectivity index (χ4n) is 2.41. The zero-order valence-corrected chi connectivity index (χ0v) is 11.3. The van der Waals surface area contributed by atoms with E-state index in [0.717, 1.165) is 6.54 Å². The van der Waals surface area contributed by atoms with Crippen molar-refractivity contribution in [2.75, 3.05) is 33.2 Å². The maximum atomic E-state index is 11.1. The van der Waals surface area contributed by atoms with Crippen LogP contribution in [0.4, 0.5) is 0 Å². The number of amides is 1. The Morgan fingerprint density at radius 3 is 2.88 bits per heavy atom. The van der Waals surface area contributed by atoms with Crippen molar-refractivity contribution in [3.8, 4) is 0 Å². The van der Waals surface area contributed by atoms with Crippen LogP contribution in [0.5, 0.6) is 0 Å². The van der Waals surface area contributed by atoms with Gasteiger partial charge < -0.3 is 15.5 Å². The molecule has 1 unspecified atom stereocenters. The minimum absolute atomic E-state index is 0.124.